The lowest BCUT2D eigenvalue weighted by molar-refractivity contribution is -0.116. The molecule has 0 fully saturated rings. The SMILES string of the molecule is Cc1ccc(C2CC(=O)Nc3c2c(C)nn3-c2nncc(-c3ccc(F)cc3)n2)cc1C. The summed E-state index contributed by atoms with van der Waals surface area (Å²) >= 11 is 0. The smallest absolute Gasteiger partial charge is 0.272 e. The van der Waals surface area contributed by atoms with E-state index in [1.54, 1.807) is 12.1 Å². The number of aryl methyl sites for hydroxylation is 3. The van der Waals surface area contributed by atoms with E-state index in [0.717, 1.165) is 16.8 Å². The van der Waals surface area contributed by atoms with E-state index in [4.69, 9.17) is 0 Å². The Morgan fingerprint density at radius 3 is 2.59 bits per heavy atom. The van der Waals surface area contributed by atoms with E-state index in [1.807, 2.05) is 6.92 Å². The van der Waals surface area contributed by atoms with E-state index >= 15 is 0 Å². The fourth-order valence-electron chi connectivity index (χ4n) is 4.10. The number of nitrogens with one attached hydrogen (secondary N) is 1. The molecule has 160 valence electrons. The van der Waals surface area contributed by atoms with Gasteiger partial charge in [-0.3, -0.25) is 4.79 Å². The normalized spacial score (nSPS) is 15.4. The predicted molar refractivity (Wildman–Crippen MR) is 118 cm³/mol. The van der Waals surface area contributed by atoms with Crippen molar-refractivity contribution in [1.29, 1.82) is 0 Å². The van der Waals surface area contributed by atoms with Crippen LogP contribution in [0.15, 0.2) is 48.7 Å². The van der Waals surface area contributed by atoms with Crippen molar-refractivity contribution >= 4 is 11.7 Å². The summed E-state index contributed by atoms with van der Waals surface area (Å²) in [5, 5.41) is 15.8. The number of nitrogens with zero attached hydrogens (tertiary/aromatic N) is 5. The molecular formula is C24H21FN6O. The third kappa shape index (κ3) is 3.43. The second-order valence-electron chi connectivity index (χ2n) is 8.06. The number of aromatic nitrogens is 5. The van der Waals surface area contributed by atoms with Crippen LogP contribution >= 0.6 is 0 Å². The van der Waals surface area contributed by atoms with Crippen LogP contribution in [0.25, 0.3) is 17.2 Å². The molecule has 1 atom stereocenters. The molecule has 32 heavy (non-hydrogen) atoms. The zero-order chi connectivity index (χ0) is 22.4. The molecule has 5 rings (SSSR count). The van der Waals surface area contributed by atoms with Crippen LogP contribution in [0.4, 0.5) is 10.2 Å². The first-order valence-corrected chi connectivity index (χ1v) is 10.3. The molecule has 1 N–H and O–H groups in total. The van der Waals surface area contributed by atoms with Gasteiger partial charge in [0.05, 0.1) is 17.6 Å². The van der Waals surface area contributed by atoms with Crippen LogP contribution in [-0.2, 0) is 4.79 Å². The zero-order valence-corrected chi connectivity index (χ0v) is 17.9. The van der Waals surface area contributed by atoms with Crippen molar-refractivity contribution in [2.24, 2.45) is 0 Å². The van der Waals surface area contributed by atoms with Crippen LogP contribution in [0.2, 0.25) is 0 Å². The molecule has 0 bridgehead atoms. The Labute approximate surface area is 184 Å². The fourth-order valence-corrected chi connectivity index (χ4v) is 4.10. The van der Waals surface area contributed by atoms with Crippen molar-refractivity contribution in [2.75, 3.05) is 5.32 Å². The minimum absolute atomic E-state index is 0.0930. The van der Waals surface area contributed by atoms with Crippen molar-refractivity contribution in [1.82, 2.24) is 25.0 Å². The molecule has 0 spiro atoms. The number of amides is 1. The van der Waals surface area contributed by atoms with Crippen LogP contribution in [0.3, 0.4) is 0 Å². The van der Waals surface area contributed by atoms with Crippen molar-refractivity contribution < 1.29 is 9.18 Å². The van der Waals surface area contributed by atoms with E-state index in [-0.39, 0.29) is 23.6 Å². The summed E-state index contributed by atoms with van der Waals surface area (Å²) in [6.45, 7) is 6.05. The van der Waals surface area contributed by atoms with Crippen molar-refractivity contribution in [3.05, 3.63) is 82.4 Å². The topological polar surface area (TPSA) is 85.6 Å². The van der Waals surface area contributed by atoms with Gasteiger partial charge >= 0.3 is 0 Å². The highest BCUT2D eigenvalue weighted by molar-refractivity contribution is 5.95. The van der Waals surface area contributed by atoms with E-state index < -0.39 is 0 Å². The van der Waals surface area contributed by atoms with Gasteiger partial charge in [-0.15, -0.1) is 5.10 Å². The molecule has 0 radical (unpaired) electrons. The molecular weight excluding hydrogens is 407 g/mol. The van der Waals surface area contributed by atoms with E-state index in [9.17, 15) is 9.18 Å². The number of rotatable bonds is 3. The maximum atomic E-state index is 13.3. The molecule has 0 saturated heterocycles. The number of hydrogen-bond donors (Lipinski definition) is 1. The van der Waals surface area contributed by atoms with Crippen LogP contribution in [0.1, 0.15) is 40.3 Å². The average molecular weight is 428 g/mol. The Balaban J connectivity index is 1.61. The first-order valence-electron chi connectivity index (χ1n) is 10.3. The van der Waals surface area contributed by atoms with Crippen molar-refractivity contribution in [3.8, 4) is 17.2 Å². The summed E-state index contributed by atoms with van der Waals surface area (Å²) in [5.74, 6) is 0.259. The molecule has 1 aliphatic heterocycles. The molecule has 1 amide bonds. The number of hydrogen-bond acceptors (Lipinski definition) is 5. The molecule has 8 heteroatoms. The lowest BCUT2D eigenvalue weighted by atomic mass is 9.84. The van der Waals surface area contributed by atoms with Gasteiger partial charge in [0.25, 0.3) is 5.95 Å². The first-order chi connectivity index (χ1) is 15.4. The Hall–Kier alpha value is -3.94. The molecule has 2 aromatic carbocycles. The van der Waals surface area contributed by atoms with E-state index in [2.05, 4.69) is 57.6 Å². The van der Waals surface area contributed by atoms with Gasteiger partial charge in [0.15, 0.2) is 0 Å². The summed E-state index contributed by atoms with van der Waals surface area (Å²) in [6.07, 6.45) is 1.85. The summed E-state index contributed by atoms with van der Waals surface area (Å²) in [4.78, 5) is 17.2. The Morgan fingerprint density at radius 1 is 1.06 bits per heavy atom. The van der Waals surface area contributed by atoms with Gasteiger partial charge in [-0.2, -0.15) is 14.9 Å². The molecule has 3 heterocycles. The Kier molecular flexibility index (Phi) is 4.77. The van der Waals surface area contributed by atoms with Crippen molar-refractivity contribution in [3.63, 3.8) is 0 Å². The highest BCUT2D eigenvalue weighted by Crippen LogP contribution is 2.40. The fraction of sp³-hybridized carbons (Fsp3) is 0.208. The summed E-state index contributed by atoms with van der Waals surface area (Å²) in [7, 11) is 0. The molecule has 4 aromatic rings. The van der Waals surface area contributed by atoms with Gasteiger partial charge in [-0.05, 0) is 61.7 Å². The third-order valence-corrected chi connectivity index (χ3v) is 5.91. The number of halogens is 1. The molecule has 1 unspecified atom stereocenters. The minimum atomic E-state index is -0.326. The third-order valence-electron chi connectivity index (χ3n) is 5.91. The largest absolute Gasteiger partial charge is 0.310 e. The number of fused-ring (bicyclic) bond motifs is 1. The second kappa shape index (κ2) is 7.64. The first kappa shape index (κ1) is 20.0. The summed E-state index contributed by atoms with van der Waals surface area (Å²) < 4.78 is 14.8. The van der Waals surface area contributed by atoms with E-state index in [1.165, 1.54) is 34.1 Å². The quantitative estimate of drug-likeness (QED) is 0.527. The Morgan fingerprint density at radius 2 is 1.84 bits per heavy atom. The van der Waals surface area contributed by atoms with Gasteiger partial charge in [0.1, 0.15) is 11.6 Å². The lowest BCUT2D eigenvalue weighted by Gasteiger charge is -2.24. The minimum Gasteiger partial charge on any atom is -0.310 e. The average Bonchev–Trinajstić information content (AvgIpc) is 3.12. The zero-order valence-electron chi connectivity index (χ0n) is 17.9. The standard InChI is InChI=1S/C24H21FN6O/c1-13-4-5-17(10-14(13)2)19-11-21(32)28-23-22(19)15(3)30-31(23)24-27-20(12-26-29-24)16-6-8-18(25)9-7-16/h4-10,12,19H,11H2,1-3H3,(H,28,32). The highest BCUT2D eigenvalue weighted by Gasteiger charge is 2.33. The van der Waals surface area contributed by atoms with Gasteiger partial charge < -0.3 is 5.32 Å². The number of carbonyl (C=O) groups excluding carboxylic acids is 1. The van der Waals surface area contributed by atoms with Crippen LogP contribution in [-0.4, -0.2) is 30.9 Å². The molecule has 1 aliphatic rings. The maximum Gasteiger partial charge on any atom is 0.272 e. The lowest BCUT2D eigenvalue weighted by Crippen LogP contribution is -2.25. The number of carbonyl (C=O) groups is 1. The molecule has 0 saturated carbocycles. The molecule has 7 nitrogen and oxygen atoms in total. The monoisotopic (exact) mass is 428 g/mol. The summed E-state index contributed by atoms with van der Waals surface area (Å²) in [5.41, 5.74) is 6.44. The van der Waals surface area contributed by atoms with Crippen LogP contribution < -0.4 is 5.32 Å². The van der Waals surface area contributed by atoms with Gasteiger partial charge in [-0.1, -0.05) is 18.2 Å². The van der Waals surface area contributed by atoms with Crippen molar-refractivity contribution in [2.45, 2.75) is 33.1 Å². The van der Waals surface area contributed by atoms with E-state index in [0.29, 0.717) is 23.5 Å². The van der Waals surface area contributed by atoms with Gasteiger partial charge in [0.2, 0.25) is 5.91 Å². The van der Waals surface area contributed by atoms with Crippen LogP contribution in [0, 0.1) is 26.6 Å². The second-order valence-corrected chi connectivity index (χ2v) is 8.06. The Bertz CT molecular complexity index is 1350. The number of anilines is 1. The molecule has 0 aliphatic carbocycles. The van der Waals surface area contributed by atoms with Gasteiger partial charge in [-0.25, -0.2) is 9.37 Å². The van der Waals surface area contributed by atoms with Gasteiger partial charge in [0, 0.05) is 23.5 Å². The number of benzene rings is 2. The van der Waals surface area contributed by atoms with Crippen LogP contribution in [0.5, 0.6) is 0 Å². The summed E-state index contributed by atoms with van der Waals surface area (Å²) in [6, 6.07) is 12.3. The molecule has 2 aromatic heterocycles. The highest BCUT2D eigenvalue weighted by atomic mass is 19.1. The predicted octanol–water partition coefficient (Wildman–Crippen LogP) is 4.26. The maximum absolute atomic E-state index is 13.3.